The van der Waals surface area contributed by atoms with Crippen LogP contribution in [0, 0.1) is 5.92 Å². The highest BCUT2D eigenvalue weighted by molar-refractivity contribution is 5.99. The predicted molar refractivity (Wildman–Crippen MR) is 80.5 cm³/mol. The van der Waals surface area contributed by atoms with Crippen LogP contribution in [0.2, 0.25) is 0 Å². The smallest absolute Gasteiger partial charge is 0.255 e. The van der Waals surface area contributed by atoms with Crippen LogP contribution < -0.4 is 5.73 Å². The van der Waals surface area contributed by atoms with E-state index in [0.717, 1.165) is 19.5 Å². The number of rotatable bonds is 1. The molecule has 4 nitrogen and oxygen atoms in total. The number of fused-ring (bicyclic) bond motifs is 1. The summed E-state index contributed by atoms with van der Waals surface area (Å²) in [6, 6.07) is 8.03. The molecule has 0 radical (unpaired) electrons. The summed E-state index contributed by atoms with van der Waals surface area (Å²) < 4.78 is 0. The molecular weight excluding hydrogens is 250 g/mol. The van der Waals surface area contributed by atoms with E-state index in [2.05, 4.69) is 11.9 Å². The fraction of sp³-hybridized carbons (Fsp3) is 0.562. The summed E-state index contributed by atoms with van der Waals surface area (Å²) in [6.45, 7) is 2.92. The maximum atomic E-state index is 12.6. The second-order valence-electron chi connectivity index (χ2n) is 6.08. The molecule has 4 heteroatoms. The first-order chi connectivity index (χ1) is 9.66. The molecule has 2 atom stereocenters. The van der Waals surface area contributed by atoms with Crippen LogP contribution >= 0.6 is 0 Å². The molecule has 0 aromatic heterocycles. The lowest BCUT2D eigenvalue weighted by Crippen LogP contribution is -2.53. The Hall–Kier alpha value is -1.55. The van der Waals surface area contributed by atoms with E-state index in [1.807, 2.05) is 23.1 Å². The summed E-state index contributed by atoms with van der Waals surface area (Å²) in [6.07, 6.45) is 3.57. The highest BCUT2D eigenvalue weighted by Crippen LogP contribution is 2.30. The second-order valence-corrected chi connectivity index (χ2v) is 6.08. The number of carbonyl (C=O) groups excluding carboxylic acids is 1. The molecule has 2 fully saturated rings. The van der Waals surface area contributed by atoms with Crippen LogP contribution in [-0.2, 0) is 0 Å². The van der Waals surface area contributed by atoms with Crippen LogP contribution in [0.5, 0.6) is 0 Å². The molecule has 2 unspecified atom stereocenters. The van der Waals surface area contributed by atoms with E-state index in [0.29, 0.717) is 23.2 Å². The number of likely N-dealkylation sites (tertiary alicyclic amines) is 2. The van der Waals surface area contributed by atoms with Crippen molar-refractivity contribution in [2.75, 3.05) is 32.4 Å². The number of hydrogen-bond acceptors (Lipinski definition) is 3. The Kier molecular flexibility index (Phi) is 3.66. The molecule has 0 spiro atoms. The number of anilines is 1. The SMILES string of the molecule is CN1CCCC2CN(C(=O)c3ccccc3N)CCC21. The number of nitrogens with zero attached hydrogens (tertiary/aromatic N) is 2. The topological polar surface area (TPSA) is 49.6 Å². The summed E-state index contributed by atoms with van der Waals surface area (Å²) in [4.78, 5) is 17.1. The van der Waals surface area contributed by atoms with E-state index in [1.54, 1.807) is 6.07 Å². The van der Waals surface area contributed by atoms with Crippen LogP contribution in [0.3, 0.4) is 0 Å². The largest absolute Gasteiger partial charge is 0.398 e. The standard InChI is InChI=1S/C16H23N3O/c1-18-9-4-5-12-11-19(10-8-15(12)18)16(20)13-6-2-3-7-14(13)17/h2-3,6-7,12,15H,4-5,8-11,17H2,1H3. The number of benzene rings is 1. The van der Waals surface area contributed by atoms with E-state index < -0.39 is 0 Å². The third-order valence-electron chi connectivity index (χ3n) is 4.82. The van der Waals surface area contributed by atoms with Gasteiger partial charge in [0.2, 0.25) is 0 Å². The van der Waals surface area contributed by atoms with Crippen molar-refractivity contribution >= 4 is 11.6 Å². The Morgan fingerprint density at radius 2 is 2.05 bits per heavy atom. The van der Waals surface area contributed by atoms with Crippen molar-refractivity contribution in [1.82, 2.24) is 9.80 Å². The summed E-state index contributed by atoms with van der Waals surface area (Å²) >= 11 is 0. The molecule has 20 heavy (non-hydrogen) atoms. The van der Waals surface area contributed by atoms with E-state index in [-0.39, 0.29) is 5.91 Å². The third-order valence-corrected chi connectivity index (χ3v) is 4.82. The molecule has 2 aliphatic heterocycles. The van der Waals surface area contributed by atoms with Gasteiger partial charge in [-0.05, 0) is 50.9 Å². The second kappa shape index (κ2) is 5.44. The van der Waals surface area contributed by atoms with Gasteiger partial charge >= 0.3 is 0 Å². The molecule has 2 heterocycles. The molecule has 1 aromatic carbocycles. The van der Waals surface area contributed by atoms with Gasteiger partial charge in [0.15, 0.2) is 0 Å². The van der Waals surface area contributed by atoms with E-state index >= 15 is 0 Å². The minimum atomic E-state index is 0.0924. The molecular formula is C16H23N3O. The van der Waals surface area contributed by atoms with Crippen molar-refractivity contribution < 1.29 is 4.79 Å². The average Bonchev–Trinajstić information content (AvgIpc) is 2.47. The van der Waals surface area contributed by atoms with Crippen LogP contribution in [0.25, 0.3) is 0 Å². The quantitative estimate of drug-likeness (QED) is 0.794. The van der Waals surface area contributed by atoms with Crippen molar-refractivity contribution in [1.29, 1.82) is 0 Å². The van der Waals surface area contributed by atoms with Crippen molar-refractivity contribution in [2.45, 2.75) is 25.3 Å². The third kappa shape index (κ3) is 2.40. The van der Waals surface area contributed by atoms with E-state index in [1.165, 1.54) is 19.4 Å². The van der Waals surface area contributed by atoms with Crippen molar-refractivity contribution in [3.8, 4) is 0 Å². The Morgan fingerprint density at radius 1 is 1.25 bits per heavy atom. The van der Waals surface area contributed by atoms with Gasteiger partial charge in [-0.25, -0.2) is 0 Å². The molecule has 3 rings (SSSR count). The summed E-state index contributed by atoms with van der Waals surface area (Å²) in [7, 11) is 2.21. The first-order valence-electron chi connectivity index (χ1n) is 7.51. The zero-order chi connectivity index (χ0) is 14.1. The molecule has 0 saturated carbocycles. The summed E-state index contributed by atoms with van der Waals surface area (Å²) in [5, 5.41) is 0. The lowest BCUT2D eigenvalue weighted by atomic mass is 9.84. The molecule has 1 amide bonds. The Bertz CT molecular complexity index is 502. The van der Waals surface area contributed by atoms with Crippen molar-refractivity contribution in [3.05, 3.63) is 29.8 Å². The minimum Gasteiger partial charge on any atom is -0.398 e. The molecule has 0 bridgehead atoms. The van der Waals surface area contributed by atoms with Gasteiger partial charge in [-0.15, -0.1) is 0 Å². The maximum absolute atomic E-state index is 12.6. The van der Waals surface area contributed by atoms with Crippen molar-refractivity contribution in [3.63, 3.8) is 0 Å². The van der Waals surface area contributed by atoms with Crippen molar-refractivity contribution in [2.24, 2.45) is 5.92 Å². The Labute approximate surface area is 120 Å². The van der Waals surface area contributed by atoms with Gasteiger partial charge in [-0.2, -0.15) is 0 Å². The molecule has 2 aliphatic rings. The molecule has 2 N–H and O–H groups in total. The van der Waals surface area contributed by atoms with Gasteiger partial charge in [-0.3, -0.25) is 4.79 Å². The monoisotopic (exact) mass is 273 g/mol. The zero-order valence-electron chi connectivity index (χ0n) is 12.1. The number of carbonyl (C=O) groups is 1. The molecule has 0 aliphatic carbocycles. The van der Waals surface area contributed by atoms with Gasteiger partial charge < -0.3 is 15.5 Å². The number of nitrogens with two attached hydrogens (primary N) is 1. The Morgan fingerprint density at radius 3 is 2.85 bits per heavy atom. The first-order valence-corrected chi connectivity index (χ1v) is 7.51. The van der Waals surface area contributed by atoms with Crippen LogP contribution in [0.15, 0.2) is 24.3 Å². The normalized spacial score (nSPS) is 27.1. The van der Waals surface area contributed by atoms with Gasteiger partial charge in [0.1, 0.15) is 0 Å². The lowest BCUT2D eigenvalue weighted by molar-refractivity contribution is 0.0317. The van der Waals surface area contributed by atoms with Gasteiger partial charge in [0.25, 0.3) is 5.91 Å². The maximum Gasteiger partial charge on any atom is 0.255 e. The van der Waals surface area contributed by atoms with Crippen LogP contribution in [0.1, 0.15) is 29.6 Å². The number of para-hydroxylation sites is 1. The highest BCUT2D eigenvalue weighted by atomic mass is 16.2. The van der Waals surface area contributed by atoms with Gasteiger partial charge in [0.05, 0.1) is 5.56 Å². The molecule has 1 aromatic rings. The van der Waals surface area contributed by atoms with E-state index in [4.69, 9.17) is 5.73 Å². The zero-order valence-corrected chi connectivity index (χ0v) is 12.1. The summed E-state index contributed by atoms with van der Waals surface area (Å²) in [5.74, 6) is 0.714. The number of hydrogen-bond donors (Lipinski definition) is 1. The average molecular weight is 273 g/mol. The van der Waals surface area contributed by atoms with Gasteiger partial charge in [0, 0.05) is 24.8 Å². The fourth-order valence-electron chi connectivity index (χ4n) is 3.70. The fourth-order valence-corrected chi connectivity index (χ4v) is 3.70. The Balaban J connectivity index is 1.73. The lowest BCUT2D eigenvalue weighted by Gasteiger charge is -2.46. The number of nitrogen functional groups attached to an aromatic ring is 1. The highest BCUT2D eigenvalue weighted by Gasteiger charge is 2.36. The van der Waals surface area contributed by atoms with Crippen LogP contribution in [0.4, 0.5) is 5.69 Å². The van der Waals surface area contributed by atoms with Crippen LogP contribution in [-0.4, -0.2) is 48.4 Å². The number of piperidine rings is 2. The van der Waals surface area contributed by atoms with Gasteiger partial charge in [-0.1, -0.05) is 12.1 Å². The summed E-state index contributed by atoms with van der Waals surface area (Å²) in [5.41, 5.74) is 7.16. The minimum absolute atomic E-state index is 0.0924. The molecule has 108 valence electrons. The molecule has 2 saturated heterocycles. The van der Waals surface area contributed by atoms with E-state index in [9.17, 15) is 4.79 Å². The predicted octanol–water partition coefficient (Wildman–Crippen LogP) is 1.83. The first kappa shape index (κ1) is 13.4. The number of amides is 1.